The van der Waals surface area contributed by atoms with E-state index in [4.69, 9.17) is 4.74 Å². The Hall–Kier alpha value is -4.52. The van der Waals surface area contributed by atoms with Gasteiger partial charge in [-0.15, -0.1) is 5.10 Å². The summed E-state index contributed by atoms with van der Waals surface area (Å²) in [4.78, 5) is 17.1. The maximum Gasteiger partial charge on any atom is 0.269 e. The number of nitrogens with one attached hydrogen (secondary N) is 1. The minimum Gasteiger partial charge on any atom is -0.457 e. The van der Waals surface area contributed by atoms with E-state index in [1.54, 1.807) is 4.68 Å². The molecule has 0 spiro atoms. The molecule has 35 heavy (non-hydrogen) atoms. The normalized spacial score (nSPS) is 12.7. The minimum atomic E-state index is -0.215. The number of hydrogen-bond acceptors (Lipinski definition) is 5. The zero-order valence-corrected chi connectivity index (χ0v) is 19.4. The molecule has 1 aliphatic heterocycles. The minimum absolute atomic E-state index is 0.215. The van der Waals surface area contributed by atoms with Crippen molar-refractivity contribution >= 4 is 11.6 Å². The predicted octanol–water partition coefficient (Wildman–Crippen LogP) is 4.82. The maximum absolute atomic E-state index is 12.6. The van der Waals surface area contributed by atoms with E-state index in [2.05, 4.69) is 20.6 Å². The van der Waals surface area contributed by atoms with Crippen LogP contribution in [0.5, 0.6) is 11.5 Å². The summed E-state index contributed by atoms with van der Waals surface area (Å²) in [5, 5.41) is 11.3. The van der Waals surface area contributed by atoms with Crippen LogP contribution in [0, 0.1) is 6.92 Å². The van der Waals surface area contributed by atoms with Gasteiger partial charge >= 0.3 is 0 Å². The number of amides is 1. The topological polar surface area (TPSA) is 81.4 Å². The van der Waals surface area contributed by atoms with Gasteiger partial charge in [0.25, 0.3) is 5.91 Å². The van der Waals surface area contributed by atoms with E-state index in [0.29, 0.717) is 24.4 Å². The molecule has 0 fully saturated rings. The molecular weight excluding hydrogens is 438 g/mol. The lowest BCUT2D eigenvalue weighted by molar-refractivity contribution is -0.117. The molecule has 0 saturated carbocycles. The first-order valence-electron chi connectivity index (χ1n) is 11.5. The van der Waals surface area contributed by atoms with Gasteiger partial charge in [0.2, 0.25) is 0 Å². The maximum atomic E-state index is 12.6. The monoisotopic (exact) mass is 463 g/mol. The first-order chi connectivity index (χ1) is 17.1. The third-order valence-electron chi connectivity index (χ3n) is 5.60. The van der Waals surface area contributed by atoms with Gasteiger partial charge in [0.15, 0.2) is 0 Å². The molecular formula is C28H25N5O2. The average molecular weight is 464 g/mol. The number of aryl methyl sites for hydroxylation is 1. The molecule has 0 bridgehead atoms. The van der Waals surface area contributed by atoms with Crippen molar-refractivity contribution in [3.63, 3.8) is 0 Å². The Morgan fingerprint density at radius 3 is 2.63 bits per heavy atom. The molecule has 0 saturated heterocycles. The number of benzene rings is 3. The molecule has 0 unspecified atom stereocenters. The molecule has 1 aliphatic rings. The van der Waals surface area contributed by atoms with Crippen LogP contribution >= 0.6 is 0 Å². The van der Waals surface area contributed by atoms with Crippen LogP contribution in [0.25, 0.3) is 0 Å². The number of para-hydroxylation sites is 1. The molecule has 5 rings (SSSR count). The zero-order chi connectivity index (χ0) is 24.0. The SMILES string of the molecule is Cc1ccc(C2=NC(C(=O)NCc3cn(Cc4cccc(Oc5ccccc5)c4)nn3)=CC2)cc1. The lowest BCUT2D eigenvalue weighted by atomic mass is 10.1. The van der Waals surface area contributed by atoms with Crippen molar-refractivity contribution in [1.82, 2.24) is 20.3 Å². The molecule has 7 nitrogen and oxygen atoms in total. The summed E-state index contributed by atoms with van der Waals surface area (Å²) in [6.45, 7) is 2.87. The highest BCUT2D eigenvalue weighted by Crippen LogP contribution is 2.22. The van der Waals surface area contributed by atoms with Crippen molar-refractivity contribution in [2.24, 2.45) is 4.99 Å². The molecule has 0 atom stereocenters. The second kappa shape index (κ2) is 10.2. The van der Waals surface area contributed by atoms with E-state index in [1.165, 1.54) is 5.56 Å². The summed E-state index contributed by atoms with van der Waals surface area (Å²) in [7, 11) is 0. The van der Waals surface area contributed by atoms with Gasteiger partial charge in [-0.25, -0.2) is 9.67 Å². The molecule has 7 heteroatoms. The fourth-order valence-electron chi connectivity index (χ4n) is 3.78. The Labute approximate surface area is 203 Å². The number of nitrogens with zero attached hydrogens (tertiary/aromatic N) is 4. The number of rotatable bonds is 8. The molecule has 174 valence electrons. The Balaban J connectivity index is 1.15. The van der Waals surface area contributed by atoms with Crippen molar-refractivity contribution in [3.05, 3.63) is 119 Å². The van der Waals surface area contributed by atoms with Crippen LogP contribution in [-0.4, -0.2) is 26.6 Å². The van der Waals surface area contributed by atoms with E-state index >= 15 is 0 Å². The number of aromatic nitrogens is 3. The van der Waals surface area contributed by atoms with Gasteiger partial charge in [0, 0.05) is 6.42 Å². The quantitative estimate of drug-likeness (QED) is 0.406. The number of ether oxygens (including phenoxy) is 1. The Morgan fingerprint density at radius 2 is 1.80 bits per heavy atom. The summed E-state index contributed by atoms with van der Waals surface area (Å²) in [6.07, 6.45) is 4.33. The second-order valence-electron chi connectivity index (χ2n) is 8.37. The van der Waals surface area contributed by atoms with E-state index < -0.39 is 0 Å². The van der Waals surface area contributed by atoms with Crippen LogP contribution in [-0.2, 0) is 17.9 Å². The predicted molar refractivity (Wildman–Crippen MR) is 134 cm³/mol. The highest BCUT2D eigenvalue weighted by molar-refractivity contribution is 6.08. The van der Waals surface area contributed by atoms with Gasteiger partial charge in [-0.05, 0) is 48.4 Å². The van der Waals surface area contributed by atoms with Gasteiger partial charge in [-0.3, -0.25) is 4.79 Å². The summed E-state index contributed by atoms with van der Waals surface area (Å²) in [6, 6.07) is 25.7. The van der Waals surface area contributed by atoms with Crippen LogP contribution in [0.2, 0.25) is 0 Å². The van der Waals surface area contributed by atoms with Crippen molar-refractivity contribution < 1.29 is 9.53 Å². The number of carbonyl (C=O) groups is 1. The highest BCUT2D eigenvalue weighted by Gasteiger charge is 2.17. The highest BCUT2D eigenvalue weighted by atomic mass is 16.5. The van der Waals surface area contributed by atoms with Crippen LogP contribution in [0.3, 0.4) is 0 Å². The van der Waals surface area contributed by atoms with Gasteiger partial charge in [0.05, 0.1) is 25.0 Å². The fourth-order valence-corrected chi connectivity index (χ4v) is 3.78. The molecule has 3 aromatic carbocycles. The summed E-state index contributed by atoms with van der Waals surface area (Å²) < 4.78 is 7.65. The van der Waals surface area contributed by atoms with E-state index in [1.807, 2.05) is 98.1 Å². The van der Waals surface area contributed by atoms with Crippen molar-refractivity contribution in [3.8, 4) is 11.5 Å². The van der Waals surface area contributed by atoms with E-state index in [-0.39, 0.29) is 12.5 Å². The van der Waals surface area contributed by atoms with Crippen LogP contribution in [0.1, 0.15) is 28.8 Å². The lowest BCUT2D eigenvalue weighted by Crippen LogP contribution is -2.23. The number of carbonyl (C=O) groups excluding carboxylic acids is 1. The van der Waals surface area contributed by atoms with Crippen LogP contribution in [0.4, 0.5) is 0 Å². The van der Waals surface area contributed by atoms with Gasteiger partial charge in [-0.2, -0.15) is 0 Å². The molecule has 1 aromatic heterocycles. The van der Waals surface area contributed by atoms with Crippen molar-refractivity contribution in [2.45, 2.75) is 26.4 Å². The number of allylic oxidation sites excluding steroid dienone is 1. The fraction of sp³-hybridized carbons (Fsp3) is 0.143. The van der Waals surface area contributed by atoms with Gasteiger partial charge < -0.3 is 10.1 Å². The third kappa shape index (κ3) is 5.70. The van der Waals surface area contributed by atoms with Gasteiger partial charge in [-0.1, -0.05) is 65.4 Å². The zero-order valence-electron chi connectivity index (χ0n) is 19.4. The molecule has 2 heterocycles. The molecule has 0 radical (unpaired) electrons. The molecule has 0 aliphatic carbocycles. The van der Waals surface area contributed by atoms with E-state index in [9.17, 15) is 4.79 Å². The van der Waals surface area contributed by atoms with E-state index in [0.717, 1.165) is 28.3 Å². The van der Waals surface area contributed by atoms with Gasteiger partial charge in [0.1, 0.15) is 22.9 Å². The van der Waals surface area contributed by atoms with Crippen LogP contribution in [0.15, 0.2) is 102 Å². The van der Waals surface area contributed by atoms with Crippen molar-refractivity contribution in [2.75, 3.05) is 0 Å². The Kier molecular flexibility index (Phi) is 6.48. The van der Waals surface area contributed by atoms with Crippen LogP contribution < -0.4 is 10.1 Å². The summed E-state index contributed by atoms with van der Waals surface area (Å²) >= 11 is 0. The smallest absolute Gasteiger partial charge is 0.269 e. The molecule has 1 amide bonds. The first kappa shape index (κ1) is 22.3. The lowest BCUT2D eigenvalue weighted by Gasteiger charge is -2.07. The number of aliphatic imine (C=N–C) groups is 1. The number of hydrogen-bond donors (Lipinski definition) is 1. The Morgan fingerprint density at radius 1 is 1.00 bits per heavy atom. The largest absolute Gasteiger partial charge is 0.457 e. The van der Waals surface area contributed by atoms with Crippen molar-refractivity contribution in [1.29, 1.82) is 0 Å². The standard InChI is InChI=1S/C28H25N5O2/c1-20-10-12-22(13-11-20)26-14-15-27(30-26)28(34)29-17-23-19-33(32-31-23)18-21-6-5-9-25(16-21)35-24-7-3-2-4-8-24/h2-13,15-16,19H,14,17-18H2,1H3,(H,29,34). The molecule has 4 aromatic rings. The Bertz CT molecular complexity index is 1390. The first-order valence-corrected chi connectivity index (χ1v) is 11.5. The summed E-state index contributed by atoms with van der Waals surface area (Å²) in [5.74, 6) is 1.33. The molecule has 1 N–H and O–H groups in total. The summed E-state index contributed by atoms with van der Waals surface area (Å²) in [5.41, 5.74) is 5.28. The second-order valence-corrected chi connectivity index (χ2v) is 8.37. The third-order valence-corrected chi connectivity index (χ3v) is 5.60. The average Bonchev–Trinajstić information content (AvgIpc) is 3.54.